The van der Waals surface area contributed by atoms with Crippen molar-refractivity contribution in [3.05, 3.63) is 0 Å². The van der Waals surface area contributed by atoms with Crippen LogP contribution in [0.5, 0.6) is 0 Å². The second-order valence-corrected chi connectivity index (χ2v) is 3.81. The quantitative estimate of drug-likeness (QED) is 0.665. The summed E-state index contributed by atoms with van der Waals surface area (Å²) in [6.45, 7) is 2.24. The Morgan fingerprint density at radius 3 is 2.62 bits per heavy atom. The molecule has 0 fully saturated rings. The SMILES string of the molecule is CSCC(=O)NCC(C)CC(=O)O. The van der Waals surface area contributed by atoms with E-state index in [1.807, 2.05) is 6.26 Å². The second-order valence-electron chi connectivity index (χ2n) is 2.94. The van der Waals surface area contributed by atoms with E-state index in [9.17, 15) is 9.59 Å². The fourth-order valence-electron chi connectivity index (χ4n) is 0.840. The van der Waals surface area contributed by atoms with Gasteiger partial charge >= 0.3 is 5.97 Å². The fourth-order valence-corrected chi connectivity index (χ4v) is 1.20. The second kappa shape index (κ2) is 6.77. The maximum absolute atomic E-state index is 11.0. The van der Waals surface area contributed by atoms with Gasteiger partial charge in [-0.2, -0.15) is 11.8 Å². The Hall–Kier alpha value is -0.710. The molecule has 0 aliphatic carbocycles. The van der Waals surface area contributed by atoms with Gasteiger partial charge in [-0.3, -0.25) is 9.59 Å². The normalized spacial score (nSPS) is 12.2. The molecule has 0 aromatic carbocycles. The number of carbonyl (C=O) groups is 2. The third-order valence-electron chi connectivity index (χ3n) is 1.45. The van der Waals surface area contributed by atoms with E-state index in [1.165, 1.54) is 11.8 Å². The zero-order valence-electron chi connectivity index (χ0n) is 7.87. The lowest BCUT2D eigenvalue weighted by atomic mass is 10.1. The van der Waals surface area contributed by atoms with Gasteiger partial charge < -0.3 is 10.4 Å². The first-order chi connectivity index (χ1) is 6.06. The summed E-state index contributed by atoms with van der Waals surface area (Å²) in [5, 5.41) is 11.1. The third-order valence-corrected chi connectivity index (χ3v) is 2.00. The summed E-state index contributed by atoms with van der Waals surface area (Å²) >= 11 is 1.45. The highest BCUT2D eigenvalue weighted by Gasteiger charge is 2.08. The number of hydrogen-bond acceptors (Lipinski definition) is 3. The molecular weight excluding hydrogens is 190 g/mol. The van der Waals surface area contributed by atoms with Gasteiger partial charge in [0.15, 0.2) is 0 Å². The number of carboxylic acid groups (broad SMARTS) is 1. The molecule has 1 unspecified atom stereocenters. The molecule has 0 saturated heterocycles. The summed E-state index contributed by atoms with van der Waals surface area (Å²) in [6, 6.07) is 0. The first kappa shape index (κ1) is 12.3. The van der Waals surface area contributed by atoms with E-state index in [-0.39, 0.29) is 18.2 Å². The molecule has 2 N–H and O–H groups in total. The number of carbonyl (C=O) groups excluding carboxylic acids is 1. The highest BCUT2D eigenvalue weighted by Crippen LogP contribution is 1.99. The van der Waals surface area contributed by atoms with E-state index in [4.69, 9.17) is 5.11 Å². The van der Waals surface area contributed by atoms with Crippen LogP contribution < -0.4 is 5.32 Å². The Morgan fingerprint density at radius 1 is 1.54 bits per heavy atom. The fraction of sp³-hybridized carbons (Fsp3) is 0.750. The van der Waals surface area contributed by atoms with E-state index < -0.39 is 5.97 Å². The molecule has 0 saturated carbocycles. The van der Waals surface area contributed by atoms with Crippen LogP contribution in [0.3, 0.4) is 0 Å². The number of nitrogens with one attached hydrogen (secondary N) is 1. The monoisotopic (exact) mass is 205 g/mol. The number of thioether (sulfide) groups is 1. The molecule has 1 atom stereocenters. The zero-order chi connectivity index (χ0) is 10.3. The Bertz CT molecular complexity index is 184. The lowest BCUT2D eigenvalue weighted by molar-refractivity contribution is -0.138. The molecule has 76 valence electrons. The van der Waals surface area contributed by atoms with Crippen LogP contribution in [0.25, 0.3) is 0 Å². The lowest BCUT2D eigenvalue weighted by Gasteiger charge is -2.09. The minimum atomic E-state index is -0.827. The molecule has 0 rings (SSSR count). The highest BCUT2D eigenvalue weighted by atomic mass is 32.2. The summed E-state index contributed by atoms with van der Waals surface area (Å²) in [5.41, 5.74) is 0. The van der Waals surface area contributed by atoms with Crippen LogP contribution in [0.2, 0.25) is 0 Å². The van der Waals surface area contributed by atoms with Gasteiger partial charge in [0.2, 0.25) is 5.91 Å². The number of rotatable bonds is 6. The maximum Gasteiger partial charge on any atom is 0.303 e. The predicted molar refractivity (Wildman–Crippen MR) is 52.8 cm³/mol. The Kier molecular flexibility index (Phi) is 6.40. The van der Waals surface area contributed by atoms with E-state index in [2.05, 4.69) is 5.32 Å². The van der Waals surface area contributed by atoms with Gasteiger partial charge in [0.05, 0.1) is 5.75 Å². The molecule has 0 aliphatic heterocycles. The average Bonchev–Trinajstić information content (AvgIpc) is 2.00. The van der Waals surface area contributed by atoms with Crippen LogP contribution in [0.1, 0.15) is 13.3 Å². The summed E-state index contributed by atoms with van der Waals surface area (Å²) in [5.74, 6) is -0.445. The van der Waals surface area contributed by atoms with Crippen molar-refractivity contribution in [3.63, 3.8) is 0 Å². The van der Waals surface area contributed by atoms with E-state index in [0.717, 1.165) is 0 Å². The smallest absolute Gasteiger partial charge is 0.303 e. The van der Waals surface area contributed by atoms with Crippen molar-refractivity contribution in [1.82, 2.24) is 5.32 Å². The van der Waals surface area contributed by atoms with Gasteiger partial charge in [-0.05, 0) is 12.2 Å². The molecule has 1 amide bonds. The molecule has 0 spiro atoms. The minimum Gasteiger partial charge on any atom is -0.481 e. The summed E-state index contributed by atoms with van der Waals surface area (Å²) < 4.78 is 0. The topological polar surface area (TPSA) is 66.4 Å². The number of aliphatic carboxylic acids is 1. The van der Waals surface area contributed by atoms with Gasteiger partial charge in [0, 0.05) is 13.0 Å². The first-order valence-corrected chi connectivity index (χ1v) is 5.43. The van der Waals surface area contributed by atoms with Crippen molar-refractivity contribution >= 4 is 23.6 Å². The van der Waals surface area contributed by atoms with E-state index >= 15 is 0 Å². The number of amides is 1. The molecule has 0 aliphatic rings. The van der Waals surface area contributed by atoms with Crippen LogP contribution in [0, 0.1) is 5.92 Å². The maximum atomic E-state index is 11.0. The van der Waals surface area contributed by atoms with Crippen molar-refractivity contribution in [2.75, 3.05) is 18.6 Å². The Balaban J connectivity index is 3.51. The third kappa shape index (κ3) is 7.64. The van der Waals surface area contributed by atoms with Gasteiger partial charge in [0.25, 0.3) is 0 Å². The van der Waals surface area contributed by atoms with Gasteiger partial charge in [-0.25, -0.2) is 0 Å². The Labute approximate surface area is 82.1 Å². The van der Waals surface area contributed by atoms with E-state index in [0.29, 0.717) is 12.3 Å². The van der Waals surface area contributed by atoms with Gasteiger partial charge in [-0.15, -0.1) is 0 Å². The van der Waals surface area contributed by atoms with Crippen molar-refractivity contribution in [2.45, 2.75) is 13.3 Å². The zero-order valence-corrected chi connectivity index (χ0v) is 8.69. The minimum absolute atomic E-state index is 0.0108. The van der Waals surface area contributed by atoms with Crippen molar-refractivity contribution in [2.24, 2.45) is 5.92 Å². The predicted octanol–water partition coefficient (Wildman–Crippen LogP) is 0.576. The summed E-state index contributed by atoms with van der Waals surface area (Å²) in [6.07, 6.45) is 1.94. The molecule has 4 nitrogen and oxygen atoms in total. The average molecular weight is 205 g/mol. The molecule has 5 heteroatoms. The molecule has 0 radical (unpaired) electrons. The molecule has 0 heterocycles. The van der Waals surface area contributed by atoms with E-state index in [1.54, 1.807) is 6.92 Å². The van der Waals surface area contributed by atoms with Crippen LogP contribution in [0.4, 0.5) is 0 Å². The van der Waals surface area contributed by atoms with Gasteiger partial charge in [0.1, 0.15) is 0 Å². The van der Waals surface area contributed by atoms with Crippen LogP contribution in [-0.2, 0) is 9.59 Å². The molecular formula is C8H15NO3S. The van der Waals surface area contributed by atoms with Crippen LogP contribution in [0.15, 0.2) is 0 Å². The molecule has 0 aromatic rings. The lowest BCUT2D eigenvalue weighted by Crippen LogP contribution is -2.30. The summed E-state index contributed by atoms with van der Waals surface area (Å²) in [7, 11) is 0. The van der Waals surface area contributed by atoms with Crippen molar-refractivity contribution < 1.29 is 14.7 Å². The largest absolute Gasteiger partial charge is 0.481 e. The molecule has 0 bridgehead atoms. The first-order valence-electron chi connectivity index (χ1n) is 4.03. The van der Waals surface area contributed by atoms with Crippen molar-refractivity contribution in [3.8, 4) is 0 Å². The Morgan fingerprint density at radius 2 is 2.15 bits per heavy atom. The van der Waals surface area contributed by atoms with Gasteiger partial charge in [-0.1, -0.05) is 6.92 Å². The molecule has 0 aromatic heterocycles. The standard InChI is InChI=1S/C8H15NO3S/c1-6(3-8(11)12)4-9-7(10)5-13-2/h6H,3-5H2,1-2H3,(H,9,10)(H,11,12). The van der Waals surface area contributed by atoms with Crippen LogP contribution in [-0.4, -0.2) is 35.5 Å². The summed E-state index contributed by atoms with van der Waals surface area (Å²) in [4.78, 5) is 21.2. The molecule has 13 heavy (non-hydrogen) atoms. The number of carboxylic acids is 1. The number of hydrogen-bond donors (Lipinski definition) is 2. The van der Waals surface area contributed by atoms with Crippen molar-refractivity contribution in [1.29, 1.82) is 0 Å². The highest BCUT2D eigenvalue weighted by molar-refractivity contribution is 7.99. The van der Waals surface area contributed by atoms with Crippen LogP contribution >= 0.6 is 11.8 Å².